The molecule has 35 heavy (non-hydrogen) atoms. The highest BCUT2D eigenvalue weighted by Gasteiger charge is 2.21. The number of rotatable bonds is 6. The maximum Gasteiger partial charge on any atom is 0.319 e. The normalized spacial score (nSPS) is 12.4. The second-order valence-corrected chi connectivity index (χ2v) is 10.5. The molecule has 0 fully saturated rings. The Morgan fingerprint density at radius 2 is 1.91 bits per heavy atom. The minimum atomic E-state index is -0.590. The van der Waals surface area contributed by atoms with Gasteiger partial charge in [-0.3, -0.25) is 9.36 Å². The molecule has 4 rings (SSSR count). The third kappa shape index (κ3) is 5.58. The molecule has 0 bridgehead atoms. The van der Waals surface area contributed by atoms with Gasteiger partial charge >= 0.3 is 6.03 Å². The Hall–Kier alpha value is -3.56. The number of aromatic nitrogens is 2. The van der Waals surface area contributed by atoms with Gasteiger partial charge in [-0.05, 0) is 52.0 Å². The zero-order valence-electron chi connectivity index (χ0n) is 19.8. The number of nitrogens with zero attached hydrogens (tertiary/aromatic N) is 2. The number of urea groups is 1. The van der Waals surface area contributed by atoms with Gasteiger partial charge in [-0.25, -0.2) is 9.78 Å². The Morgan fingerprint density at radius 3 is 2.60 bits per heavy atom. The number of hydrogen-bond acceptors (Lipinski definition) is 5. The fraction of sp³-hybridized carbons (Fsp3) is 0.240. The summed E-state index contributed by atoms with van der Waals surface area (Å²) in [6, 6.07) is 14.2. The first kappa shape index (κ1) is 24.6. The molecule has 0 aliphatic rings. The number of ether oxygens (including phenoxy) is 1. The largest absolute Gasteiger partial charge is 0.484 e. The van der Waals surface area contributed by atoms with E-state index in [9.17, 15) is 9.59 Å². The van der Waals surface area contributed by atoms with Crippen LogP contribution in [0.4, 0.5) is 10.5 Å². The molecular weight excluding hydrogens is 486 g/mol. The lowest BCUT2D eigenvalue weighted by Gasteiger charge is -2.20. The number of anilines is 1. The summed E-state index contributed by atoms with van der Waals surface area (Å²) in [6.07, 6.45) is 1.25. The van der Waals surface area contributed by atoms with Crippen LogP contribution in [0.2, 0.25) is 5.02 Å². The van der Waals surface area contributed by atoms with Crippen LogP contribution in [-0.2, 0) is 0 Å². The molecular formula is C25H26ClN5O3S. The smallest absolute Gasteiger partial charge is 0.319 e. The third-order valence-electron chi connectivity index (χ3n) is 5.09. The Bertz CT molecular complexity index is 1410. The highest BCUT2D eigenvalue weighted by atomic mass is 35.5. The van der Waals surface area contributed by atoms with Crippen LogP contribution >= 0.6 is 22.9 Å². The Morgan fingerprint density at radius 1 is 1.17 bits per heavy atom. The molecule has 0 spiro atoms. The number of carbonyl (C=O) groups is 2. The lowest BCUT2D eigenvalue weighted by Crippen LogP contribution is -2.43. The number of thiophene rings is 1. The Kier molecular flexibility index (Phi) is 6.73. The molecule has 1 atom stereocenters. The maximum atomic E-state index is 12.3. The fourth-order valence-corrected chi connectivity index (χ4v) is 4.78. The summed E-state index contributed by atoms with van der Waals surface area (Å²) in [5, 5.41) is 6.98. The SMILES string of the molecule is C[C@@H](Oc1cc(-n2cnc3ccc(NC(=O)NC(C)(C)C)cc32)sc1C(N)=O)c1ccccc1Cl. The van der Waals surface area contributed by atoms with E-state index < -0.39 is 12.0 Å². The second-order valence-electron chi connectivity index (χ2n) is 9.07. The average molecular weight is 512 g/mol. The number of carbonyl (C=O) groups excluding carboxylic acids is 2. The van der Waals surface area contributed by atoms with Crippen molar-refractivity contribution >= 4 is 51.6 Å². The molecule has 8 nitrogen and oxygen atoms in total. The first-order chi connectivity index (χ1) is 16.5. The van der Waals surface area contributed by atoms with Gasteiger partial charge < -0.3 is 21.1 Å². The number of halogens is 1. The number of amides is 3. The molecule has 0 radical (unpaired) electrons. The van der Waals surface area contributed by atoms with Crippen molar-refractivity contribution in [1.82, 2.24) is 14.9 Å². The number of hydrogen-bond donors (Lipinski definition) is 3. The van der Waals surface area contributed by atoms with E-state index in [4.69, 9.17) is 22.1 Å². The van der Waals surface area contributed by atoms with Gasteiger partial charge in [0, 0.05) is 27.9 Å². The van der Waals surface area contributed by atoms with Gasteiger partial charge in [0.15, 0.2) is 0 Å². The first-order valence-corrected chi connectivity index (χ1v) is 12.1. The van der Waals surface area contributed by atoms with E-state index in [1.165, 1.54) is 11.3 Å². The van der Waals surface area contributed by atoms with Crippen molar-refractivity contribution < 1.29 is 14.3 Å². The van der Waals surface area contributed by atoms with Gasteiger partial charge in [0.25, 0.3) is 5.91 Å². The molecule has 3 amide bonds. The molecule has 0 aliphatic carbocycles. The van der Waals surface area contributed by atoms with Gasteiger partial charge in [0.05, 0.1) is 11.0 Å². The van der Waals surface area contributed by atoms with E-state index in [0.29, 0.717) is 26.3 Å². The van der Waals surface area contributed by atoms with Gasteiger partial charge in [0.1, 0.15) is 28.1 Å². The predicted octanol–water partition coefficient (Wildman–Crippen LogP) is 5.90. The number of benzene rings is 2. The summed E-state index contributed by atoms with van der Waals surface area (Å²) in [5.74, 6) is -0.223. The quantitative estimate of drug-likeness (QED) is 0.299. The minimum absolute atomic E-state index is 0.291. The molecule has 4 N–H and O–H groups in total. The third-order valence-corrected chi connectivity index (χ3v) is 6.56. The van der Waals surface area contributed by atoms with E-state index in [2.05, 4.69) is 15.6 Å². The van der Waals surface area contributed by atoms with E-state index in [1.807, 2.05) is 62.6 Å². The molecule has 2 aromatic heterocycles. The van der Waals surface area contributed by atoms with Crippen LogP contribution in [0.25, 0.3) is 16.0 Å². The summed E-state index contributed by atoms with van der Waals surface area (Å²) in [4.78, 5) is 29.2. The number of fused-ring (bicyclic) bond motifs is 1. The highest BCUT2D eigenvalue weighted by molar-refractivity contribution is 7.16. The van der Waals surface area contributed by atoms with Crippen molar-refractivity contribution in [2.75, 3.05) is 5.32 Å². The van der Waals surface area contributed by atoms with Crippen LogP contribution in [0.5, 0.6) is 5.75 Å². The van der Waals surface area contributed by atoms with Gasteiger partial charge in [-0.2, -0.15) is 0 Å². The van der Waals surface area contributed by atoms with Gasteiger partial charge in [-0.15, -0.1) is 11.3 Å². The zero-order valence-corrected chi connectivity index (χ0v) is 21.3. The average Bonchev–Trinajstić information content (AvgIpc) is 3.36. The van der Waals surface area contributed by atoms with Crippen molar-refractivity contribution in [3.8, 4) is 10.8 Å². The van der Waals surface area contributed by atoms with Crippen LogP contribution in [-0.4, -0.2) is 27.0 Å². The van der Waals surface area contributed by atoms with Crippen LogP contribution in [0, 0.1) is 0 Å². The lowest BCUT2D eigenvalue weighted by atomic mass is 10.1. The van der Waals surface area contributed by atoms with E-state index in [-0.39, 0.29) is 11.6 Å². The van der Waals surface area contributed by atoms with Crippen LogP contribution in [0.1, 0.15) is 49.0 Å². The summed E-state index contributed by atoms with van der Waals surface area (Å²) >= 11 is 7.51. The molecule has 2 heterocycles. The Labute approximate surface area is 212 Å². The lowest BCUT2D eigenvalue weighted by molar-refractivity contribution is 0.0998. The van der Waals surface area contributed by atoms with E-state index in [1.54, 1.807) is 24.5 Å². The molecule has 4 aromatic rings. The standard InChI is InChI=1S/C25H26ClN5O3S/c1-14(16-7-5-6-8-17(16)26)34-20-12-21(35-22(20)23(27)32)31-13-28-18-10-9-15(11-19(18)31)29-24(33)30-25(2,3)4/h5-14H,1-4H3,(H2,27,32)(H2,29,30,33)/t14-/m1/s1. The monoisotopic (exact) mass is 511 g/mol. The molecule has 182 valence electrons. The van der Waals surface area contributed by atoms with Crippen LogP contribution < -0.4 is 21.1 Å². The van der Waals surface area contributed by atoms with E-state index >= 15 is 0 Å². The van der Waals surface area contributed by atoms with Crippen molar-refractivity contribution in [3.05, 3.63) is 70.3 Å². The zero-order chi connectivity index (χ0) is 25.3. The maximum absolute atomic E-state index is 12.3. The van der Waals surface area contributed by atoms with Crippen molar-refractivity contribution in [3.63, 3.8) is 0 Å². The highest BCUT2D eigenvalue weighted by Crippen LogP contribution is 2.37. The minimum Gasteiger partial charge on any atom is -0.484 e. The van der Waals surface area contributed by atoms with Gasteiger partial charge in [0.2, 0.25) is 0 Å². The Balaban J connectivity index is 1.66. The number of nitrogens with two attached hydrogens (primary N) is 1. The van der Waals surface area contributed by atoms with E-state index in [0.717, 1.165) is 16.6 Å². The molecule has 2 aromatic carbocycles. The number of imidazole rings is 1. The van der Waals surface area contributed by atoms with Crippen LogP contribution in [0.15, 0.2) is 54.9 Å². The van der Waals surface area contributed by atoms with Crippen molar-refractivity contribution in [2.24, 2.45) is 5.73 Å². The molecule has 10 heteroatoms. The first-order valence-electron chi connectivity index (χ1n) is 10.9. The topological polar surface area (TPSA) is 111 Å². The van der Waals surface area contributed by atoms with Crippen molar-refractivity contribution in [1.29, 1.82) is 0 Å². The molecule has 0 saturated heterocycles. The second kappa shape index (κ2) is 9.59. The predicted molar refractivity (Wildman–Crippen MR) is 140 cm³/mol. The van der Waals surface area contributed by atoms with Gasteiger partial charge in [-0.1, -0.05) is 29.8 Å². The van der Waals surface area contributed by atoms with Crippen LogP contribution in [0.3, 0.4) is 0 Å². The summed E-state index contributed by atoms with van der Waals surface area (Å²) in [7, 11) is 0. The molecule has 0 aliphatic heterocycles. The molecule has 0 unspecified atom stereocenters. The number of nitrogens with one attached hydrogen (secondary N) is 2. The summed E-state index contributed by atoms with van der Waals surface area (Å²) in [5.41, 5.74) is 8.18. The van der Waals surface area contributed by atoms with Crippen molar-refractivity contribution in [2.45, 2.75) is 39.3 Å². The summed E-state index contributed by atoms with van der Waals surface area (Å²) < 4.78 is 7.94. The number of primary amides is 1. The summed E-state index contributed by atoms with van der Waals surface area (Å²) in [6.45, 7) is 7.58. The fourth-order valence-electron chi connectivity index (χ4n) is 3.56. The molecule has 0 saturated carbocycles.